The molecule has 1 aliphatic carbocycles. The number of ether oxygens (including phenoxy) is 4. The van der Waals surface area contributed by atoms with E-state index in [2.05, 4.69) is 39.6 Å². The highest BCUT2D eigenvalue weighted by molar-refractivity contribution is 5.98. The van der Waals surface area contributed by atoms with E-state index in [0.29, 0.717) is 0 Å². The minimum absolute atomic E-state index is 0.0744. The summed E-state index contributed by atoms with van der Waals surface area (Å²) in [7, 11) is 1.15. The molecule has 0 bridgehead atoms. The Morgan fingerprint density at radius 3 is 1.63 bits per heavy atom. The molecule has 0 saturated carbocycles. The van der Waals surface area contributed by atoms with E-state index in [1.165, 1.54) is 43.6 Å². The van der Waals surface area contributed by atoms with E-state index in [9.17, 15) is 32.8 Å². The number of nitrogens with one attached hydrogen (secondary N) is 4. The van der Waals surface area contributed by atoms with Gasteiger partial charge in [0.05, 0.1) is 24.3 Å². The second kappa shape index (κ2) is 23.5. The van der Waals surface area contributed by atoms with Crippen LogP contribution in [0.3, 0.4) is 0 Å². The van der Waals surface area contributed by atoms with Crippen LogP contribution < -0.4 is 36.6 Å². The van der Waals surface area contributed by atoms with Crippen LogP contribution in [0.15, 0.2) is 84.9 Å². The monoisotopic (exact) mass is 867 g/mol. The van der Waals surface area contributed by atoms with Gasteiger partial charge in [0.15, 0.2) is 0 Å². The molecule has 17 heteroatoms. The first kappa shape index (κ1) is 48.2. The number of methoxy groups -OCH3 is 1. The van der Waals surface area contributed by atoms with Crippen molar-refractivity contribution in [1.29, 1.82) is 0 Å². The molecular weight excluding hydrogens is 821 g/mol. The number of alkyl carbamates (subject to hydrolysis) is 1. The van der Waals surface area contributed by atoms with Crippen LogP contribution in [-0.4, -0.2) is 86.1 Å². The molecule has 0 heterocycles. The Morgan fingerprint density at radius 2 is 1.21 bits per heavy atom. The van der Waals surface area contributed by atoms with Crippen molar-refractivity contribution < 1.29 is 56.9 Å². The minimum Gasteiger partial charge on any atom is -0.481 e. The quantitative estimate of drug-likeness (QED) is 0.0420. The number of carbonyl (C=O) groups is 5. The molecule has 1 aliphatic rings. The Bertz CT molecular complexity index is 2380. The van der Waals surface area contributed by atoms with E-state index < -0.39 is 65.6 Å². The van der Waals surface area contributed by atoms with Gasteiger partial charge in [-0.15, -0.1) is 11.8 Å². The van der Waals surface area contributed by atoms with Crippen LogP contribution in [0.1, 0.15) is 65.5 Å². The summed E-state index contributed by atoms with van der Waals surface area (Å²) in [6.07, 6.45) is -0.777. The summed E-state index contributed by atoms with van der Waals surface area (Å²) in [6, 6.07) is 19.0. The number of rotatable bonds is 15. The van der Waals surface area contributed by atoms with Gasteiger partial charge in [-0.25, -0.2) is 23.9 Å². The van der Waals surface area contributed by atoms with Gasteiger partial charge in [0.1, 0.15) is 55.0 Å². The van der Waals surface area contributed by atoms with Crippen LogP contribution in [0.4, 0.5) is 13.6 Å². The number of fused-ring (bicyclic) bond motifs is 3. The smallest absolute Gasteiger partial charge is 0.407 e. The number of amides is 4. The summed E-state index contributed by atoms with van der Waals surface area (Å²) in [5.74, 6) is 5.81. The Labute approximate surface area is 363 Å². The maximum Gasteiger partial charge on any atom is 0.407 e. The maximum absolute atomic E-state index is 14.6. The summed E-state index contributed by atoms with van der Waals surface area (Å²) in [5, 5.41) is 15.9. The zero-order valence-electron chi connectivity index (χ0n) is 35.0. The Hall–Kier alpha value is -7.47. The van der Waals surface area contributed by atoms with Crippen LogP contribution >= 0.6 is 0 Å². The van der Waals surface area contributed by atoms with Gasteiger partial charge >= 0.3 is 12.1 Å². The van der Waals surface area contributed by atoms with Crippen LogP contribution in [0.2, 0.25) is 0 Å². The number of halogens is 2. The number of carbonyl (C=O) groups excluding carboxylic acids is 5. The van der Waals surface area contributed by atoms with Gasteiger partial charge in [-0.05, 0) is 74.2 Å². The SMILES string of the molecule is CC#CCOc1ccc(C(=O)N[C@H](C(=O)NO)[C@@H](C)N)c(F)c1.CC#CCOc1ccc(C(=O)N[C@H](C(=O)OC)[C@@H](C)NC(=O)OCC2c3ccccc3-c3ccccc32)c(F)c1. The van der Waals surface area contributed by atoms with Crippen molar-refractivity contribution in [2.45, 2.75) is 57.8 Å². The lowest BCUT2D eigenvalue weighted by Gasteiger charge is -2.24. The number of esters is 1. The fourth-order valence-corrected chi connectivity index (χ4v) is 6.29. The van der Waals surface area contributed by atoms with Gasteiger partial charge < -0.3 is 40.6 Å². The topological polar surface area (TPSA) is 217 Å². The molecule has 0 aliphatic heterocycles. The molecule has 7 N–H and O–H groups in total. The molecule has 0 spiro atoms. The lowest BCUT2D eigenvalue weighted by atomic mass is 9.98. The number of hydrogen-bond donors (Lipinski definition) is 6. The average molecular weight is 868 g/mol. The molecule has 5 rings (SSSR count). The standard InChI is InChI=1S/C31H29FN2O6.C15H18FN3O4/c1-4-5-16-39-20-14-15-25(27(32)17-20)29(35)34-28(30(36)38-3)19(2)33-31(37)40-18-26-23-12-8-6-10-21(23)22-11-7-9-13-24(22)26;1-3-4-7-23-10-5-6-11(12(16)8-10)14(20)18-13(9(2)17)15(21)19-22/h6-15,17,19,26,28H,16,18H2,1-3H3,(H,33,37)(H,34,35);5-6,8-9,13,22H,7,17H2,1-2H3,(H,18,20)(H,19,21)/t19-,28+;9-,13+/m11/s1. The normalized spacial score (nSPS) is 12.8. The molecule has 0 saturated heterocycles. The molecule has 0 unspecified atom stereocenters. The van der Waals surface area contributed by atoms with E-state index in [1.807, 2.05) is 48.5 Å². The van der Waals surface area contributed by atoms with Crippen molar-refractivity contribution in [2.24, 2.45) is 5.73 Å². The van der Waals surface area contributed by atoms with Crippen LogP contribution in [0, 0.1) is 35.3 Å². The third-order valence-electron chi connectivity index (χ3n) is 9.48. The van der Waals surface area contributed by atoms with Crippen LogP contribution in [-0.2, 0) is 19.1 Å². The molecule has 15 nitrogen and oxygen atoms in total. The highest BCUT2D eigenvalue weighted by Crippen LogP contribution is 2.44. The number of benzene rings is 4. The Balaban J connectivity index is 0.000000323. The number of nitrogens with two attached hydrogens (primary N) is 1. The summed E-state index contributed by atoms with van der Waals surface area (Å²) in [4.78, 5) is 61.5. The van der Waals surface area contributed by atoms with E-state index in [0.717, 1.165) is 41.5 Å². The van der Waals surface area contributed by atoms with Gasteiger partial charge in [-0.3, -0.25) is 19.6 Å². The van der Waals surface area contributed by atoms with Crippen molar-refractivity contribution in [2.75, 3.05) is 26.9 Å². The molecule has 0 fully saturated rings. The molecule has 4 aromatic rings. The van der Waals surface area contributed by atoms with Crippen LogP contribution in [0.5, 0.6) is 11.5 Å². The predicted molar refractivity (Wildman–Crippen MR) is 226 cm³/mol. The van der Waals surface area contributed by atoms with E-state index >= 15 is 0 Å². The Morgan fingerprint density at radius 1 is 0.730 bits per heavy atom. The van der Waals surface area contributed by atoms with Crippen LogP contribution in [0.25, 0.3) is 11.1 Å². The molecule has 4 amide bonds. The first-order valence-corrected chi connectivity index (χ1v) is 19.4. The lowest BCUT2D eigenvalue weighted by molar-refractivity contribution is -0.143. The molecule has 63 heavy (non-hydrogen) atoms. The first-order valence-electron chi connectivity index (χ1n) is 19.4. The molecule has 0 aromatic heterocycles. The lowest BCUT2D eigenvalue weighted by Crippen LogP contribution is -2.55. The fraction of sp³-hybridized carbons (Fsp3) is 0.283. The largest absolute Gasteiger partial charge is 0.481 e. The van der Waals surface area contributed by atoms with Gasteiger partial charge in [0.2, 0.25) is 0 Å². The molecule has 0 radical (unpaired) electrons. The van der Waals surface area contributed by atoms with Crippen molar-refractivity contribution in [1.82, 2.24) is 21.4 Å². The molecule has 4 atom stereocenters. The summed E-state index contributed by atoms with van der Waals surface area (Å²) < 4.78 is 49.4. The fourth-order valence-electron chi connectivity index (χ4n) is 6.29. The first-order chi connectivity index (χ1) is 30.2. The van der Waals surface area contributed by atoms with Gasteiger partial charge in [-0.2, -0.15) is 0 Å². The molecule has 4 aromatic carbocycles. The maximum atomic E-state index is 14.6. The van der Waals surface area contributed by atoms with Gasteiger partial charge in [0.25, 0.3) is 17.7 Å². The average Bonchev–Trinajstić information content (AvgIpc) is 3.59. The van der Waals surface area contributed by atoms with Gasteiger partial charge in [0, 0.05) is 24.1 Å². The third kappa shape index (κ3) is 13.0. The van der Waals surface area contributed by atoms with Gasteiger partial charge in [-0.1, -0.05) is 60.4 Å². The molecule has 330 valence electrons. The second-order valence-corrected chi connectivity index (χ2v) is 13.7. The molecular formula is C46H47F2N5O10. The third-order valence-corrected chi connectivity index (χ3v) is 9.48. The second-order valence-electron chi connectivity index (χ2n) is 13.7. The zero-order chi connectivity index (χ0) is 46.1. The highest BCUT2D eigenvalue weighted by atomic mass is 19.1. The summed E-state index contributed by atoms with van der Waals surface area (Å²) in [6.45, 7) is 6.52. The van der Waals surface area contributed by atoms with Crippen molar-refractivity contribution in [3.05, 3.63) is 119 Å². The van der Waals surface area contributed by atoms with Crippen molar-refractivity contribution >= 4 is 29.8 Å². The Kier molecular flexibility index (Phi) is 18.0. The summed E-state index contributed by atoms with van der Waals surface area (Å²) >= 11 is 0. The predicted octanol–water partition coefficient (Wildman–Crippen LogP) is 4.61. The minimum atomic E-state index is -1.31. The zero-order valence-corrected chi connectivity index (χ0v) is 35.0. The van der Waals surface area contributed by atoms with E-state index in [-0.39, 0.29) is 48.4 Å². The number of hydrogen-bond acceptors (Lipinski definition) is 11. The van der Waals surface area contributed by atoms with Crippen molar-refractivity contribution in [3.63, 3.8) is 0 Å². The highest BCUT2D eigenvalue weighted by Gasteiger charge is 2.33. The summed E-state index contributed by atoms with van der Waals surface area (Å²) in [5.41, 5.74) is 10.7. The van der Waals surface area contributed by atoms with E-state index in [4.69, 9.17) is 29.9 Å². The number of hydroxylamine groups is 1. The van der Waals surface area contributed by atoms with Crippen molar-refractivity contribution in [3.8, 4) is 46.3 Å². The van der Waals surface area contributed by atoms with E-state index in [1.54, 1.807) is 13.8 Å².